The number of nitrogens with zero attached hydrogens (tertiary/aromatic N) is 2. The van der Waals surface area contributed by atoms with E-state index in [0.29, 0.717) is 6.04 Å². The van der Waals surface area contributed by atoms with Crippen LogP contribution in [0.4, 0.5) is 0 Å². The summed E-state index contributed by atoms with van der Waals surface area (Å²) in [5, 5.41) is 3.49. The smallest absolute Gasteiger partial charge is 0.0220 e. The monoisotopic (exact) mass is 237 g/mol. The van der Waals surface area contributed by atoms with Crippen molar-refractivity contribution in [2.45, 2.75) is 46.3 Å². The third-order valence-corrected chi connectivity index (χ3v) is 3.25. The molecule has 3 heteroatoms. The van der Waals surface area contributed by atoms with Crippen LogP contribution in [0, 0.1) is 0 Å². The number of aromatic nitrogens is 1. The van der Waals surface area contributed by atoms with Gasteiger partial charge in [0.1, 0.15) is 0 Å². The predicted molar refractivity (Wildman–Crippen MR) is 74.2 cm³/mol. The van der Waals surface area contributed by atoms with Crippen molar-refractivity contribution in [3.63, 3.8) is 0 Å². The van der Waals surface area contributed by atoms with Gasteiger partial charge in [0.25, 0.3) is 0 Å². The molecule has 1 heterocycles. The Kier molecular flexibility index (Phi) is 6.30. The van der Waals surface area contributed by atoms with Gasteiger partial charge in [-0.25, -0.2) is 0 Å². The SMILES string of the molecule is CCn1ccc(CNCCCN(C)C(C)C)c1. The largest absolute Gasteiger partial charge is 0.354 e. The molecule has 0 spiro atoms. The third kappa shape index (κ3) is 5.37. The van der Waals surface area contributed by atoms with Crippen LogP contribution in [0.2, 0.25) is 0 Å². The Labute approximate surface area is 106 Å². The highest BCUT2D eigenvalue weighted by Gasteiger charge is 2.01. The summed E-state index contributed by atoms with van der Waals surface area (Å²) in [5.41, 5.74) is 1.38. The fourth-order valence-corrected chi connectivity index (χ4v) is 1.74. The van der Waals surface area contributed by atoms with Gasteiger partial charge in [0.05, 0.1) is 0 Å². The van der Waals surface area contributed by atoms with Gasteiger partial charge < -0.3 is 14.8 Å². The molecule has 1 aromatic rings. The van der Waals surface area contributed by atoms with Crippen LogP contribution in [0.15, 0.2) is 18.5 Å². The second-order valence-electron chi connectivity index (χ2n) is 4.95. The molecule has 0 fully saturated rings. The fourth-order valence-electron chi connectivity index (χ4n) is 1.74. The standard InChI is InChI=1S/C14H27N3/c1-5-17-10-7-14(12-17)11-15-8-6-9-16(4)13(2)3/h7,10,12-13,15H,5-6,8-9,11H2,1-4H3. The molecular weight excluding hydrogens is 210 g/mol. The first-order valence-corrected chi connectivity index (χ1v) is 6.69. The number of hydrogen-bond donors (Lipinski definition) is 1. The van der Waals surface area contributed by atoms with Gasteiger partial charge in [-0.15, -0.1) is 0 Å². The lowest BCUT2D eigenvalue weighted by Gasteiger charge is -2.20. The Morgan fingerprint density at radius 1 is 1.41 bits per heavy atom. The van der Waals surface area contributed by atoms with E-state index in [0.717, 1.165) is 19.6 Å². The van der Waals surface area contributed by atoms with E-state index in [1.54, 1.807) is 0 Å². The molecule has 0 unspecified atom stereocenters. The number of nitrogens with one attached hydrogen (secondary N) is 1. The van der Waals surface area contributed by atoms with E-state index < -0.39 is 0 Å². The van der Waals surface area contributed by atoms with Crippen molar-refractivity contribution in [3.05, 3.63) is 24.0 Å². The molecule has 0 aliphatic rings. The number of aryl methyl sites for hydroxylation is 1. The van der Waals surface area contributed by atoms with E-state index in [1.807, 2.05) is 0 Å². The van der Waals surface area contributed by atoms with Crippen molar-refractivity contribution in [2.75, 3.05) is 20.1 Å². The molecule has 0 amide bonds. The molecule has 1 rings (SSSR count). The van der Waals surface area contributed by atoms with Crippen LogP contribution in [-0.2, 0) is 13.1 Å². The predicted octanol–water partition coefficient (Wildman–Crippen LogP) is 2.33. The van der Waals surface area contributed by atoms with Gasteiger partial charge in [-0.05, 0) is 59.0 Å². The van der Waals surface area contributed by atoms with Gasteiger partial charge in [0.2, 0.25) is 0 Å². The molecule has 0 aromatic carbocycles. The Balaban J connectivity index is 2.08. The Bertz CT molecular complexity index is 304. The van der Waals surface area contributed by atoms with Gasteiger partial charge in [-0.3, -0.25) is 0 Å². The third-order valence-electron chi connectivity index (χ3n) is 3.25. The van der Waals surface area contributed by atoms with Crippen LogP contribution >= 0.6 is 0 Å². The molecule has 0 bridgehead atoms. The highest BCUT2D eigenvalue weighted by Crippen LogP contribution is 2.00. The Morgan fingerprint density at radius 3 is 2.76 bits per heavy atom. The lowest BCUT2D eigenvalue weighted by Crippen LogP contribution is -2.29. The second-order valence-corrected chi connectivity index (χ2v) is 4.95. The second kappa shape index (κ2) is 7.51. The molecule has 0 radical (unpaired) electrons. The first kappa shape index (κ1) is 14.3. The summed E-state index contributed by atoms with van der Waals surface area (Å²) < 4.78 is 2.21. The zero-order valence-electron chi connectivity index (χ0n) is 11.7. The summed E-state index contributed by atoms with van der Waals surface area (Å²) in [6.45, 7) is 10.9. The van der Waals surface area contributed by atoms with Crippen molar-refractivity contribution in [1.29, 1.82) is 0 Å². The van der Waals surface area contributed by atoms with E-state index in [2.05, 4.69) is 61.1 Å². The van der Waals surface area contributed by atoms with Gasteiger partial charge in [-0.1, -0.05) is 0 Å². The molecule has 0 saturated heterocycles. The minimum absolute atomic E-state index is 0.647. The van der Waals surface area contributed by atoms with Crippen LogP contribution in [0.5, 0.6) is 0 Å². The van der Waals surface area contributed by atoms with Crippen LogP contribution in [0.3, 0.4) is 0 Å². The van der Waals surface area contributed by atoms with E-state index in [-0.39, 0.29) is 0 Å². The highest BCUT2D eigenvalue weighted by atomic mass is 15.1. The molecule has 98 valence electrons. The lowest BCUT2D eigenvalue weighted by molar-refractivity contribution is 0.269. The minimum Gasteiger partial charge on any atom is -0.354 e. The summed E-state index contributed by atoms with van der Waals surface area (Å²) >= 11 is 0. The summed E-state index contributed by atoms with van der Waals surface area (Å²) in [5.74, 6) is 0. The zero-order valence-corrected chi connectivity index (χ0v) is 11.7. The van der Waals surface area contributed by atoms with Crippen LogP contribution in [0.25, 0.3) is 0 Å². The molecule has 0 aliphatic carbocycles. The fraction of sp³-hybridized carbons (Fsp3) is 0.714. The van der Waals surface area contributed by atoms with Crippen LogP contribution in [-0.4, -0.2) is 35.6 Å². The summed E-state index contributed by atoms with van der Waals surface area (Å²) in [7, 11) is 2.19. The van der Waals surface area contributed by atoms with Crippen molar-refractivity contribution >= 4 is 0 Å². The molecule has 0 aliphatic heterocycles. The summed E-state index contributed by atoms with van der Waals surface area (Å²) in [4.78, 5) is 2.38. The number of hydrogen-bond acceptors (Lipinski definition) is 2. The van der Waals surface area contributed by atoms with E-state index in [9.17, 15) is 0 Å². The van der Waals surface area contributed by atoms with Crippen LogP contribution in [0.1, 0.15) is 32.8 Å². The minimum atomic E-state index is 0.647. The van der Waals surface area contributed by atoms with Crippen molar-refractivity contribution < 1.29 is 0 Å². The first-order chi connectivity index (χ1) is 8.13. The van der Waals surface area contributed by atoms with Crippen LogP contribution < -0.4 is 5.32 Å². The molecule has 1 N–H and O–H groups in total. The Hall–Kier alpha value is -0.800. The molecular formula is C14H27N3. The van der Waals surface area contributed by atoms with E-state index in [1.165, 1.54) is 18.5 Å². The molecule has 1 aromatic heterocycles. The molecule has 0 saturated carbocycles. The first-order valence-electron chi connectivity index (χ1n) is 6.69. The van der Waals surface area contributed by atoms with E-state index in [4.69, 9.17) is 0 Å². The molecule has 3 nitrogen and oxygen atoms in total. The van der Waals surface area contributed by atoms with Crippen molar-refractivity contribution in [2.24, 2.45) is 0 Å². The summed E-state index contributed by atoms with van der Waals surface area (Å²) in [6.07, 6.45) is 5.57. The molecule has 17 heavy (non-hydrogen) atoms. The highest BCUT2D eigenvalue weighted by molar-refractivity contribution is 5.09. The van der Waals surface area contributed by atoms with Crippen molar-refractivity contribution in [1.82, 2.24) is 14.8 Å². The van der Waals surface area contributed by atoms with Gasteiger partial charge in [-0.2, -0.15) is 0 Å². The summed E-state index contributed by atoms with van der Waals surface area (Å²) in [6, 6.07) is 2.84. The normalized spacial score (nSPS) is 11.6. The number of rotatable bonds is 8. The quantitative estimate of drug-likeness (QED) is 0.700. The maximum absolute atomic E-state index is 3.49. The maximum Gasteiger partial charge on any atom is 0.0220 e. The van der Waals surface area contributed by atoms with Crippen molar-refractivity contribution in [3.8, 4) is 0 Å². The van der Waals surface area contributed by atoms with Gasteiger partial charge in [0, 0.05) is 31.5 Å². The lowest BCUT2D eigenvalue weighted by atomic mass is 10.3. The average Bonchev–Trinajstić information content (AvgIpc) is 2.76. The maximum atomic E-state index is 3.49. The Morgan fingerprint density at radius 2 is 2.18 bits per heavy atom. The van der Waals surface area contributed by atoms with Gasteiger partial charge in [0.15, 0.2) is 0 Å². The zero-order chi connectivity index (χ0) is 12.7. The molecule has 0 atom stereocenters. The average molecular weight is 237 g/mol. The van der Waals surface area contributed by atoms with Gasteiger partial charge >= 0.3 is 0 Å². The van der Waals surface area contributed by atoms with E-state index >= 15 is 0 Å². The topological polar surface area (TPSA) is 20.2 Å².